The van der Waals surface area contributed by atoms with Gasteiger partial charge in [0.25, 0.3) is 0 Å². The lowest BCUT2D eigenvalue weighted by molar-refractivity contribution is 0.0185. The third kappa shape index (κ3) is 2.53. The lowest BCUT2D eigenvalue weighted by Crippen LogP contribution is -2.18. The topological polar surface area (TPSA) is 35.0 Å². The van der Waals surface area contributed by atoms with Gasteiger partial charge in [0, 0.05) is 12.7 Å². The molecule has 0 atom stereocenters. The molecule has 1 aromatic heterocycles. The van der Waals surface area contributed by atoms with Crippen LogP contribution in [0.3, 0.4) is 0 Å². The Labute approximate surface area is 105 Å². The van der Waals surface area contributed by atoms with Crippen molar-refractivity contribution < 1.29 is 4.74 Å². The van der Waals surface area contributed by atoms with Gasteiger partial charge in [0.15, 0.2) is 0 Å². The fourth-order valence-electron chi connectivity index (χ4n) is 1.37. The van der Waals surface area contributed by atoms with Crippen LogP contribution in [0, 0.1) is 6.92 Å². The van der Waals surface area contributed by atoms with Crippen LogP contribution >= 0.6 is 11.3 Å². The summed E-state index contributed by atoms with van der Waals surface area (Å²) in [6.45, 7) is 6.06. The molecule has 0 N–H and O–H groups in total. The molecule has 0 fully saturated rings. The van der Waals surface area contributed by atoms with Gasteiger partial charge >= 0.3 is 0 Å². The quantitative estimate of drug-likeness (QED) is 0.835. The second-order valence-electron chi connectivity index (χ2n) is 4.49. The van der Waals surface area contributed by atoms with Gasteiger partial charge in [-0.1, -0.05) is 41.2 Å². The molecule has 0 unspecified atom stereocenters. The van der Waals surface area contributed by atoms with Crippen LogP contribution in [0.4, 0.5) is 0 Å². The maximum absolute atomic E-state index is 5.40. The highest BCUT2D eigenvalue weighted by Crippen LogP contribution is 2.31. The van der Waals surface area contributed by atoms with Gasteiger partial charge in [0.2, 0.25) is 0 Å². The van der Waals surface area contributed by atoms with Crippen molar-refractivity contribution in [2.45, 2.75) is 26.4 Å². The van der Waals surface area contributed by atoms with Crippen LogP contribution < -0.4 is 0 Å². The Morgan fingerprint density at radius 2 is 1.76 bits per heavy atom. The number of rotatable bonds is 3. The van der Waals surface area contributed by atoms with Crippen LogP contribution in [0.1, 0.15) is 24.4 Å². The molecule has 2 aromatic rings. The van der Waals surface area contributed by atoms with Crippen molar-refractivity contribution in [3.63, 3.8) is 0 Å². The minimum Gasteiger partial charge on any atom is -0.372 e. The highest BCUT2D eigenvalue weighted by Gasteiger charge is 2.24. The molecule has 0 aliphatic carbocycles. The Kier molecular flexibility index (Phi) is 3.26. The Morgan fingerprint density at radius 3 is 2.35 bits per heavy atom. The molecule has 0 spiro atoms. The van der Waals surface area contributed by atoms with E-state index >= 15 is 0 Å². The Balaban J connectivity index is 2.33. The summed E-state index contributed by atoms with van der Waals surface area (Å²) in [5.74, 6) is 0. The van der Waals surface area contributed by atoms with E-state index in [4.69, 9.17) is 4.74 Å². The first-order chi connectivity index (χ1) is 8.03. The molecule has 1 aromatic carbocycles. The predicted molar refractivity (Wildman–Crippen MR) is 70.1 cm³/mol. The fraction of sp³-hybridized carbons (Fsp3) is 0.385. The highest BCUT2D eigenvalue weighted by molar-refractivity contribution is 7.14. The minimum atomic E-state index is -0.374. The van der Waals surface area contributed by atoms with Gasteiger partial charge in [-0.2, -0.15) is 0 Å². The van der Waals surface area contributed by atoms with E-state index in [1.165, 1.54) is 5.56 Å². The first-order valence-corrected chi connectivity index (χ1v) is 6.31. The zero-order chi connectivity index (χ0) is 12.5. The number of ether oxygens (including phenoxy) is 1. The maximum Gasteiger partial charge on any atom is 0.149 e. The number of aryl methyl sites for hydroxylation is 1. The molecule has 0 amide bonds. The van der Waals surface area contributed by atoms with Crippen molar-refractivity contribution in [2.24, 2.45) is 0 Å². The Hall–Kier alpha value is -1.26. The van der Waals surface area contributed by atoms with E-state index in [1.54, 1.807) is 18.4 Å². The minimum absolute atomic E-state index is 0.374. The van der Waals surface area contributed by atoms with Gasteiger partial charge in [-0.05, 0) is 20.8 Å². The summed E-state index contributed by atoms with van der Waals surface area (Å²) in [6.07, 6.45) is 0. The van der Waals surface area contributed by atoms with Crippen LogP contribution in [0.5, 0.6) is 0 Å². The van der Waals surface area contributed by atoms with E-state index in [-0.39, 0.29) is 5.60 Å². The number of hydrogen-bond acceptors (Lipinski definition) is 4. The first-order valence-electron chi connectivity index (χ1n) is 5.49. The SMILES string of the molecule is COC(C)(C)c1nnc(-c2ccc(C)cc2)s1. The lowest BCUT2D eigenvalue weighted by Gasteiger charge is -2.18. The summed E-state index contributed by atoms with van der Waals surface area (Å²) in [7, 11) is 1.69. The fourth-order valence-corrected chi connectivity index (χ4v) is 2.30. The van der Waals surface area contributed by atoms with Gasteiger partial charge in [-0.15, -0.1) is 10.2 Å². The molecule has 0 radical (unpaired) electrons. The van der Waals surface area contributed by atoms with Crippen molar-refractivity contribution in [2.75, 3.05) is 7.11 Å². The molecule has 17 heavy (non-hydrogen) atoms. The van der Waals surface area contributed by atoms with E-state index in [2.05, 4.69) is 41.4 Å². The summed E-state index contributed by atoms with van der Waals surface area (Å²) in [5, 5.41) is 10.3. The van der Waals surface area contributed by atoms with Gasteiger partial charge in [-0.25, -0.2) is 0 Å². The summed E-state index contributed by atoms with van der Waals surface area (Å²) in [4.78, 5) is 0. The molecule has 0 saturated heterocycles. The zero-order valence-corrected chi connectivity index (χ0v) is 11.3. The van der Waals surface area contributed by atoms with Crippen molar-refractivity contribution in [3.05, 3.63) is 34.8 Å². The third-order valence-electron chi connectivity index (χ3n) is 2.75. The average molecular weight is 248 g/mol. The molecular weight excluding hydrogens is 232 g/mol. The Bertz CT molecular complexity index is 502. The van der Waals surface area contributed by atoms with Crippen molar-refractivity contribution in [1.82, 2.24) is 10.2 Å². The first kappa shape index (κ1) is 12.2. The number of aromatic nitrogens is 2. The standard InChI is InChI=1S/C13H16N2OS/c1-9-5-7-10(8-6-9)11-14-15-12(17-11)13(2,3)16-4/h5-8H,1-4H3. The predicted octanol–water partition coefficient (Wildman–Crippen LogP) is 3.40. The zero-order valence-electron chi connectivity index (χ0n) is 10.5. The lowest BCUT2D eigenvalue weighted by atomic mass is 10.1. The molecule has 0 aliphatic rings. The molecule has 2 rings (SSSR count). The summed E-state index contributed by atoms with van der Waals surface area (Å²) >= 11 is 1.58. The number of methoxy groups -OCH3 is 1. The number of nitrogens with zero attached hydrogens (tertiary/aromatic N) is 2. The van der Waals surface area contributed by atoms with Crippen molar-refractivity contribution in [3.8, 4) is 10.6 Å². The van der Waals surface area contributed by atoms with Crippen LogP contribution in [0.2, 0.25) is 0 Å². The second-order valence-corrected chi connectivity index (χ2v) is 5.47. The van der Waals surface area contributed by atoms with E-state index in [1.807, 2.05) is 13.8 Å². The smallest absolute Gasteiger partial charge is 0.149 e. The molecule has 0 aliphatic heterocycles. The number of hydrogen-bond donors (Lipinski definition) is 0. The number of benzene rings is 1. The Morgan fingerprint density at radius 1 is 1.12 bits per heavy atom. The summed E-state index contributed by atoms with van der Waals surface area (Å²) in [5.41, 5.74) is 1.97. The van der Waals surface area contributed by atoms with Gasteiger partial charge in [-0.3, -0.25) is 0 Å². The monoisotopic (exact) mass is 248 g/mol. The molecule has 0 saturated carbocycles. The van der Waals surface area contributed by atoms with Crippen molar-refractivity contribution in [1.29, 1.82) is 0 Å². The average Bonchev–Trinajstić information content (AvgIpc) is 2.80. The molecule has 1 heterocycles. The molecular formula is C13H16N2OS. The van der Waals surface area contributed by atoms with E-state index in [0.717, 1.165) is 15.6 Å². The van der Waals surface area contributed by atoms with E-state index in [0.29, 0.717) is 0 Å². The highest BCUT2D eigenvalue weighted by atomic mass is 32.1. The van der Waals surface area contributed by atoms with Crippen LogP contribution in [-0.2, 0) is 10.3 Å². The van der Waals surface area contributed by atoms with Gasteiger partial charge in [0.05, 0.1) is 0 Å². The van der Waals surface area contributed by atoms with E-state index < -0.39 is 0 Å². The normalized spacial score (nSPS) is 11.8. The van der Waals surface area contributed by atoms with Crippen LogP contribution in [0.25, 0.3) is 10.6 Å². The largest absolute Gasteiger partial charge is 0.372 e. The van der Waals surface area contributed by atoms with Crippen LogP contribution in [0.15, 0.2) is 24.3 Å². The summed E-state index contributed by atoms with van der Waals surface area (Å²) < 4.78 is 5.40. The molecule has 3 nitrogen and oxygen atoms in total. The van der Waals surface area contributed by atoms with Gasteiger partial charge in [0.1, 0.15) is 15.6 Å². The molecule has 90 valence electrons. The van der Waals surface area contributed by atoms with Gasteiger partial charge < -0.3 is 4.74 Å². The van der Waals surface area contributed by atoms with E-state index in [9.17, 15) is 0 Å². The third-order valence-corrected chi connectivity index (χ3v) is 4.03. The molecule has 4 heteroatoms. The van der Waals surface area contributed by atoms with Crippen LogP contribution in [-0.4, -0.2) is 17.3 Å². The summed E-state index contributed by atoms with van der Waals surface area (Å²) in [6, 6.07) is 8.30. The van der Waals surface area contributed by atoms with Crippen molar-refractivity contribution >= 4 is 11.3 Å². The molecule has 0 bridgehead atoms. The maximum atomic E-state index is 5.40. The second kappa shape index (κ2) is 4.55.